The van der Waals surface area contributed by atoms with Crippen LogP contribution in [-0.4, -0.2) is 5.11 Å². The molecule has 0 unspecified atom stereocenters. The molecule has 0 aromatic heterocycles. The minimum absolute atomic E-state index is 1.02. The summed E-state index contributed by atoms with van der Waals surface area (Å²) in [7, 11) is 0. The van der Waals surface area contributed by atoms with Crippen LogP contribution in [0.2, 0.25) is 0 Å². The van der Waals surface area contributed by atoms with Crippen molar-refractivity contribution in [2.75, 3.05) is 0 Å². The molecule has 9 heavy (non-hydrogen) atoms. The van der Waals surface area contributed by atoms with Crippen molar-refractivity contribution < 1.29 is 5.11 Å². The van der Waals surface area contributed by atoms with E-state index in [9.17, 15) is 0 Å². The molecule has 0 atom stereocenters. The van der Waals surface area contributed by atoms with Crippen molar-refractivity contribution in [2.45, 2.75) is 39.0 Å². The quantitative estimate of drug-likeness (QED) is 0.445. The van der Waals surface area contributed by atoms with Crippen molar-refractivity contribution in [1.29, 1.82) is 0 Å². The van der Waals surface area contributed by atoms with Gasteiger partial charge in [-0.15, -0.1) is 0 Å². The number of rotatable bonds is 5. The van der Waals surface area contributed by atoms with Gasteiger partial charge in [0.25, 0.3) is 0 Å². The van der Waals surface area contributed by atoms with Crippen LogP contribution < -0.4 is 0 Å². The molecule has 0 aromatic carbocycles. The maximum Gasteiger partial charge on any atom is 0.0751 e. The molecule has 54 valence electrons. The van der Waals surface area contributed by atoms with Crippen molar-refractivity contribution in [3.63, 3.8) is 0 Å². The van der Waals surface area contributed by atoms with Gasteiger partial charge < -0.3 is 5.11 Å². The van der Waals surface area contributed by atoms with E-state index >= 15 is 0 Å². The molecule has 0 fully saturated rings. The molecule has 1 heteroatoms. The lowest BCUT2D eigenvalue weighted by Gasteiger charge is -1.92. The SMILES string of the molecule is CCCCCC/C=C\O. The van der Waals surface area contributed by atoms with Gasteiger partial charge in [0.15, 0.2) is 0 Å². The average molecular weight is 128 g/mol. The molecule has 0 radical (unpaired) electrons. The van der Waals surface area contributed by atoms with Gasteiger partial charge in [-0.1, -0.05) is 32.3 Å². The minimum atomic E-state index is 1.02. The second-order valence-electron chi connectivity index (χ2n) is 2.23. The monoisotopic (exact) mass is 128 g/mol. The van der Waals surface area contributed by atoms with Crippen molar-refractivity contribution in [3.05, 3.63) is 12.3 Å². The molecular formula is C8H16O. The van der Waals surface area contributed by atoms with E-state index in [1.54, 1.807) is 6.08 Å². The normalized spacial score (nSPS) is 10.8. The first-order valence-electron chi connectivity index (χ1n) is 3.71. The molecule has 0 aliphatic heterocycles. The van der Waals surface area contributed by atoms with Crippen LogP contribution in [0.4, 0.5) is 0 Å². The molecule has 0 aromatic rings. The summed E-state index contributed by atoms with van der Waals surface area (Å²) in [5.74, 6) is 0. The lowest BCUT2D eigenvalue weighted by atomic mass is 10.2. The molecule has 0 aliphatic rings. The summed E-state index contributed by atoms with van der Waals surface area (Å²) >= 11 is 0. The summed E-state index contributed by atoms with van der Waals surface area (Å²) in [5.41, 5.74) is 0. The standard InChI is InChI=1S/C8H16O/c1-2-3-4-5-6-7-8-9/h7-9H,2-6H2,1H3/b8-7-. The van der Waals surface area contributed by atoms with E-state index in [0.29, 0.717) is 0 Å². The van der Waals surface area contributed by atoms with Gasteiger partial charge in [-0.2, -0.15) is 0 Å². The van der Waals surface area contributed by atoms with E-state index in [1.165, 1.54) is 25.7 Å². The van der Waals surface area contributed by atoms with Gasteiger partial charge in [0.2, 0.25) is 0 Å². The second kappa shape index (κ2) is 7.54. The molecule has 1 nitrogen and oxygen atoms in total. The Bertz CT molecular complexity index is 67.0. The molecule has 1 N–H and O–H groups in total. The Kier molecular flexibility index (Phi) is 7.15. The molecule has 0 aliphatic carbocycles. The fourth-order valence-electron chi connectivity index (χ4n) is 0.764. The van der Waals surface area contributed by atoms with Gasteiger partial charge in [-0.05, 0) is 12.8 Å². The molecule has 0 rings (SSSR count). The van der Waals surface area contributed by atoms with Crippen molar-refractivity contribution in [3.8, 4) is 0 Å². The van der Waals surface area contributed by atoms with E-state index in [1.807, 2.05) is 0 Å². The van der Waals surface area contributed by atoms with E-state index in [2.05, 4.69) is 6.92 Å². The highest BCUT2D eigenvalue weighted by Gasteiger charge is 1.82. The van der Waals surface area contributed by atoms with Crippen LogP contribution >= 0.6 is 0 Å². The highest BCUT2D eigenvalue weighted by molar-refractivity contribution is 4.70. The number of allylic oxidation sites excluding steroid dienone is 1. The summed E-state index contributed by atoms with van der Waals surface area (Å²) in [4.78, 5) is 0. The number of hydrogen-bond acceptors (Lipinski definition) is 1. The fourth-order valence-corrected chi connectivity index (χ4v) is 0.764. The van der Waals surface area contributed by atoms with Crippen LogP contribution in [0.25, 0.3) is 0 Å². The highest BCUT2D eigenvalue weighted by Crippen LogP contribution is 2.01. The Labute approximate surface area is 57.4 Å². The minimum Gasteiger partial charge on any atom is -0.516 e. The molecule has 0 bridgehead atoms. The third-order valence-electron chi connectivity index (χ3n) is 1.33. The Hall–Kier alpha value is -0.460. The molecule has 0 spiro atoms. The Morgan fingerprint density at radius 1 is 1.22 bits per heavy atom. The number of aliphatic hydroxyl groups is 1. The predicted octanol–water partition coefficient (Wildman–Crippen LogP) is 3.03. The summed E-state index contributed by atoms with van der Waals surface area (Å²) in [6.45, 7) is 2.20. The summed E-state index contributed by atoms with van der Waals surface area (Å²) in [6, 6.07) is 0. The van der Waals surface area contributed by atoms with Crippen molar-refractivity contribution in [2.24, 2.45) is 0 Å². The molecular weight excluding hydrogens is 112 g/mol. The van der Waals surface area contributed by atoms with E-state index in [0.717, 1.165) is 12.7 Å². The van der Waals surface area contributed by atoms with Crippen LogP contribution in [0.15, 0.2) is 12.3 Å². The van der Waals surface area contributed by atoms with Crippen molar-refractivity contribution >= 4 is 0 Å². The second-order valence-corrected chi connectivity index (χ2v) is 2.23. The zero-order chi connectivity index (χ0) is 6.95. The number of unbranched alkanes of at least 4 members (excludes halogenated alkanes) is 4. The average Bonchev–Trinajstić information content (AvgIpc) is 1.89. The summed E-state index contributed by atoms with van der Waals surface area (Å²) in [6.07, 6.45) is 9.06. The Balaban J connectivity index is 2.75. The first-order valence-corrected chi connectivity index (χ1v) is 3.71. The van der Waals surface area contributed by atoms with Gasteiger partial charge in [0.05, 0.1) is 6.26 Å². The topological polar surface area (TPSA) is 20.2 Å². The van der Waals surface area contributed by atoms with Crippen LogP contribution in [-0.2, 0) is 0 Å². The van der Waals surface area contributed by atoms with Gasteiger partial charge in [-0.25, -0.2) is 0 Å². The maximum absolute atomic E-state index is 8.24. The van der Waals surface area contributed by atoms with E-state index in [-0.39, 0.29) is 0 Å². The number of hydrogen-bond donors (Lipinski definition) is 1. The van der Waals surface area contributed by atoms with Gasteiger partial charge >= 0.3 is 0 Å². The molecule has 0 saturated carbocycles. The largest absolute Gasteiger partial charge is 0.516 e. The smallest absolute Gasteiger partial charge is 0.0751 e. The molecule has 0 heterocycles. The third kappa shape index (κ3) is 7.54. The first kappa shape index (κ1) is 8.54. The predicted molar refractivity (Wildman–Crippen MR) is 40.5 cm³/mol. The van der Waals surface area contributed by atoms with Crippen LogP contribution in [0, 0.1) is 0 Å². The van der Waals surface area contributed by atoms with E-state index in [4.69, 9.17) is 5.11 Å². The fraction of sp³-hybridized carbons (Fsp3) is 0.750. The Morgan fingerprint density at radius 3 is 2.56 bits per heavy atom. The highest BCUT2D eigenvalue weighted by atomic mass is 16.2. The Morgan fingerprint density at radius 2 is 2.00 bits per heavy atom. The van der Waals surface area contributed by atoms with Crippen LogP contribution in [0.3, 0.4) is 0 Å². The third-order valence-corrected chi connectivity index (χ3v) is 1.33. The lowest BCUT2D eigenvalue weighted by Crippen LogP contribution is -1.72. The van der Waals surface area contributed by atoms with Crippen LogP contribution in [0.1, 0.15) is 39.0 Å². The summed E-state index contributed by atoms with van der Waals surface area (Å²) < 4.78 is 0. The molecule has 0 amide bonds. The summed E-state index contributed by atoms with van der Waals surface area (Å²) in [5, 5.41) is 8.24. The van der Waals surface area contributed by atoms with Crippen LogP contribution in [0.5, 0.6) is 0 Å². The zero-order valence-electron chi connectivity index (χ0n) is 6.14. The zero-order valence-corrected chi connectivity index (χ0v) is 6.14. The number of aliphatic hydroxyl groups excluding tert-OH is 1. The van der Waals surface area contributed by atoms with E-state index < -0.39 is 0 Å². The molecule has 0 saturated heterocycles. The van der Waals surface area contributed by atoms with Gasteiger partial charge in [0, 0.05) is 0 Å². The van der Waals surface area contributed by atoms with Crippen molar-refractivity contribution in [1.82, 2.24) is 0 Å². The maximum atomic E-state index is 8.24. The van der Waals surface area contributed by atoms with Gasteiger partial charge in [0.1, 0.15) is 0 Å². The van der Waals surface area contributed by atoms with Gasteiger partial charge in [-0.3, -0.25) is 0 Å². The lowest BCUT2D eigenvalue weighted by molar-refractivity contribution is 0.469. The first-order chi connectivity index (χ1) is 4.41.